The third kappa shape index (κ3) is 4.98. The van der Waals surface area contributed by atoms with E-state index in [1.165, 1.54) is 0 Å². The van der Waals surface area contributed by atoms with Gasteiger partial charge in [0.1, 0.15) is 12.4 Å². The number of hydrogen-bond donors (Lipinski definition) is 1. The zero-order chi connectivity index (χ0) is 14.9. The molecule has 0 aliphatic carbocycles. The average molecular weight is 279 g/mol. The molecule has 0 radical (unpaired) electrons. The molecule has 0 saturated carbocycles. The highest BCUT2D eigenvalue weighted by Gasteiger charge is 2.06. The molecule has 0 spiro atoms. The van der Waals surface area contributed by atoms with E-state index in [4.69, 9.17) is 10.5 Å². The number of benzene rings is 2. The first-order chi connectivity index (χ1) is 10.3. The second-order valence-electron chi connectivity index (χ2n) is 4.94. The van der Waals surface area contributed by atoms with Crippen LogP contribution in [0.1, 0.15) is 24.5 Å². The summed E-state index contributed by atoms with van der Waals surface area (Å²) in [5, 5.41) is 0. The molecular weight excluding hydrogens is 258 g/mol. The highest BCUT2D eigenvalue weighted by Crippen LogP contribution is 2.19. The van der Waals surface area contributed by atoms with Gasteiger partial charge in [-0.15, -0.1) is 0 Å². The summed E-state index contributed by atoms with van der Waals surface area (Å²) in [7, 11) is 0. The van der Waals surface area contributed by atoms with Gasteiger partial charge in [-0.25, -0.2) is 0 Å². The molecule has 1 unspecified atom stereocenters. The Morgan fingerprint density at radius 1 is 1.05 bits per heavy atom. The zero-order valence-corrected chi connectivity index (χ0v) is 12.4. The molecule has 2 nitrogen and oxygen atoms in total. The Hall–Kier alpha value is -2.24. The maximum atomic E-state index is 6.02. The lowest BCUT2D eigenvalue weighted by atomic mass is 10.0. The first-order valence-electron chi connectivity index (χ1n) is 7.29. The van der Waals surface area contributed by atoms with Crippen molar-refractivity contribution in [2.24, 2.45) is 5.73 Å². The van der Waals surface area contributed by atoms with Crippen molar-refractivity contribution in [3.8, 4) is 17.6 Å². The van der Waals surface area contributed by atoms with E-state index >= 15 is 0 Å². The fraction of sp³-hybridized carbons (Fsp3) is 0.263. The largest absolute Gasteiger partial charge is 0.481 e. The van der Waals surface area contributed by atoms with E-state index in [1.807, 2.05) is 48.5 Å². The molecule has 0 aliphatic heterocycles. The summed E-state index contributed by atoms with van der Waals surface area (Å²) in [4.78, 5) is 0. The van der Waals surface area contributed by atoms with Gasteiger partial charge < -0.3 is 10.5 Å². The van der Waals surface area contributed by atoms with Gasteiger partial charge in [0.2, 0.25) is 0 Å². The fourth-order valence-corrected chi connectivity index (χ4v) is 2.01. The smallest absolute Gasteiger partial charge is 0.149 e. The minimum Gasteiger partial charge on any atom is -0.481 e. The molecule has 0 amide bonds. The fourth-order valence-electron chi connectivity index (χ4n) is 2.01. The maximum Gasteiger partial charge on any atom is 0.149 e. The van der Waals surface area contributed by atoms with Gasteiger partial charge >= 0.3 is 0 Å². The Labute approximate surface area is 126 Å². The molecule has 1 atom stereocenters. The topological polar surface area (TPSA) is 35.2 Å². The Morgan fingerprint density at radius 2 is 1.76 bits per heavy atom. The Bertz CT molecular complexity index is 610. The van der Waals surface area contributed by atoms with Gasteiger partial charge in [-0.1, -0.05) is 55.2 Å². The lowest BCUT2D eigenvalue weighted by Gasteiger charge is -2.12. The number of hydrogen-bond acceptors (Lipinski definition) is 2. The van der Waals surface area contributed by atoms with Crippen LogP contribution >= 0.6 is 0 Å². The van der Waals surface area contributed by atoms with Gasteiger partial charge in [-0.05, 0) is 36.6 Å². The van der Waals surface area contributed by atoms with Crippen LogP contribution in [0.15, 0.2) is 54.6 Å². The second kappa shape index (κ2) is 8.14. The molecule has 0 fully saturated rings. The normalized spacial score (nSPS) is 11.3. The highest BCUT2D eigenvalue weighted by molar-refractivity contribution is 5.36. The molecule has 2 heteroatoms. The number of nitrogens with two attached hydrogens (primary N) is 1. The molecule has 2 aromatic rings. The minimum absolute atomic E-state index is 0.171. The monoisotopic (exact) mass is 279 g/mol. The van der Waals surface area contributed by atoms with Crippen LogP contribution in [-0.4, -0.2) is 12.6 Å². The Balaban J connectivity index is 1.96. The van der Waals surface area contributed by atoms with E-state index in [0.717, 1.165) is 29.7 Å². The predicted octanol–water partition coefficient (Wildman–Crippen LogP) is 3.40. The third-order valence-electron chi connectivity index (χ3n) is 3.29. The molecule has 0 saturated heterocycles. The number of para-hydroxylation sites is 1. The summed E-state index contributed by atoms with van der Waals surface area (Å²) in [5.41, 5.74) is 8.17. The Morgan fingerprint density at radius 3 is 2.52 bits per heavy atom. The second-order valence-corrected chi connectivity index (χ2v) is 4.94. The standard InChI is InChI=1S/C19H21NO/c1-2-18(20)15-17-12-6-7-13-19(17)21-14-8-11-16-9-4-3-5-10-16/h3-7,9-10,12-13,18H,2,14-15,20H2,1H3. The quantitative estimate of drug-likeness (QED) is 0.851. The van der Waals surface area contributed by atoms with E-state index in [0.29, 0.717) is 6.61 Å². The number of rotatable bonds is 5. The van der Waals surface area contributed by atoms with E-state index in [9.17, 15) is 0 Å². The van der Waals surface area contributed by atoms with Crippen molar-refractivity contribution in [2.75, 3.05) is 6.61 Å². The van der Waals surface area contributed by atoms with Gasteiger partial charge in [0.15, 0.2) is 0 Å². The van der Waals surface area contributed by atoms with Crippen molar-refractivity contribution >= 4 is 0 Å². The summed E-state index contributed by atoms with van der Waals surface area (Å²) in [6.07, 6.45) is 1.79. The predicted molar refractivity (Wildman–Crippen MR) is 87.2 cm³/mol. The molecule has 2 N–H and O–H groups in total. The van der Waals surface area contributed by atoms with Crippen LogP contribution in [0.3, 0.4) is 0 Å². The van der Waals surface area contributed by atoms with Crippen LogP contribution in [-0.2, 0) is 6.42 Å². The van der Waals surface area contributed by atoms with Crippen LogP contribution in [0, 0.1) is 11.8 Å². The van der Waals surface area contributed by atoms with Crippen molar-refractivity contribution in [2.45, 2.75) is 25.8 Å². The number of ether oxygens (including phenoxy) is 1. The average Bonchev–Trinajstić information content (AvgIpc) is 2.54. The van der Waals surface area contributed by atoms with Crippen molar-refractivity contribution in [1.29, 1.82) is 0 Å². The zero-order valence-electron chi connectivity index (χ0n) is 12.4. The van der Waals surface area contributed by atoms with Gasteiger partial charge in [-0.3, -0.25) is 0 Å². The van der Waals surface area contributed by atoms with Crippen molar-refractivity contribution in [1.82, 2.24) is 0 Å². The summed E-state index contributed by atoms with van der Waals surface area (Å²) in [6.45, 7) is 2.48. The van der Waals surface area contributed by atoms with Gasteiger partial charge in [0.05, 0.1) is 0 Å². The van der Waals surface area contributed by atoms with E-state index in [-0.39, 0.29) is 6.04 Å². The van der Waals surface area contributed by atoms with Gasteiger partial charge in [-0.2, -0.15) is 0 Å². The van der Waals surface area contributed by atoms with Crippen LogP contribution in [0.2, 0.25) is 0 Å². The van der Waals surface area contributed by atoms with E-state index in [1.54, 1.807) is 0 Å². The summed E-state index contributed by atoms with van der Waals surface area (Å²) in [6, 6.07) is 18.1. The maximum absolute atomic E-state index is 6.02. The molecule has 0 aliphatic rings. The van der Waals surface area contributed by atoms with Crippen molar-refractivity contribution < 1.29 is 4.74 Å². The molecule has 108 valence electrons. The van der Waals surface area contributed by atoms with Crippen molar-refractivity contribution in [3.05, 3.63) is 65.7 Å². The highest BCUT2D eigenvalue weighted by atomic mass is 16.5. The van der Waals surface area contributed by atoms with Gasteiger partial charge in [0, 0.05) is 11.6 Å². The van der Waals surface area contributed by atoms with Crippen LogP contribution < -0.4 is 10.5 Å². The molecule has 2 rings (SSSR count). The van der Waals surface area contributed by atoms with Gasteiger partial charge in [0.25, 0.3) is 0 Å². The summed E-state index contributed by atoms with van der Waals surface area (Å²) < 4.78 is 5.78. The van der Waals surface area contributed by atoms with Crippen LogP contribution in [0.5, 0.6) is 5.75 Å². The molecule has 2 aromatic carbocycles. The minimum atomic E-state index is 0.171. The lowest BCUT2D eigenvalue weighted by molar-refractivity contribution is 0.364. The van der Waals surface area contributed by atoms with Crippen molar-refractivity contribution in [3.63, 3.8) is 0 Å². The van der Waals surface area contributed by atoms with Crippen LogP contribution in [0.25, 0.3) is 0 Å². The first-order valence-corrected chi connectivity index (χ1v) is 7.29. The lowest BCUT2D eigenvalue weighted by Crippen LogP contribution is -2.21. The summed E-state index contributed by atoms with van der Waals surface area (Å²) in [5.74, 6) is 7.01. The molecule has 0 bridgehead atoms. The Kier molecular flexibility index (Phi) is 5.87. The third-order valence-corrected chi connectivity index (χ3v) is 3.29. The van der Waals surface area contributed by atoms with E-state index < -0.39 is 0 Å². The first kappa shape index (κ1) is 15.2. The molecule has 21 heavy (non-hydrogen) atoms. The summed E-state index contributed by atoms with van der Waals surface area (Å²) >= 11 is 0. The van der Waals surface area contributed by atoms with Crippen LogP contribution in [0.4, 0.5) is 0 Å². The van der Waals surface area contributed by atoms with E-state index in [2.05, 4.69) is 24.8 Å². The molecular formula is C19H21NO. The molecule has 0 aromatic heterocycles. The molecule has 0 heterocycles. The SMILES string of the molecule is CCC(N)Cc1ccccc1OCC#Cc1ccccc1.